The summed E-state index contributed by atoms with van der Waals surface area (Å²) >= 11 is 0. The third-order valence-corrected chi connectivity index (χ3v) is 2.84. The molecule has 0 aliphatic carbocycles. The fourth-order valence-corrected chi connectivity index (χ4v) is 1.67. The molecule has 1 amide bonds. The highest BCUT2D eigenvalue weighted by Crippen LogP contribution is 2.18. The third kappa shape index (κ3) is 5.85. The molecule has 21 heavy (non-hydrogen) atoms. The minimum Gasteiger partial charge on any atom is -0.469 e. The third-order valence-electron chi connectivity index (χ3n) is 2.84. The number of hydrogen-bond donors (Lipinski definition) is 0. The Morgan fingerprint density at radius 1 is 1.14 bits per heavy atom. The molecule has 0 spiro atoms. The molecule has 5 heteroatoms. The van der Waals surface area contributed by atoms with Crippen LogP contribution in [-0.4, -0.2) is 31.8 Å². The molecule has 0 bridgehead atoms. The van der Waals surface area contributed by atoms with Crippen molar-refractivity contribution < 1.29 is 19.1 Å². The lowest BCUT2D eigenvalue weighted by molar-refractivity contribution is -0.140. The molecular formula is C16H23NO4. The van der Waals surface area contributed by atoms with Crippen molar-refractivity contribution in [3.63, 3.8) is 0 Å². The van der Waals surface area contributed by atoms with Crippen LogP contribution in [0.5, 0.6) is 0 Å². The molecule has 1 rings (SSSR count). The van der Waals surface area contributed by atoms with Gasteiger partial charge < -0.3 is 9.47 Å². The second-order valence-electron chi connectivity index (χ2n) is 5.78. The van der Waals surface area contributed by atoms with Gasteiger partial charge in [0.1, 0.15) is 5.60 Å². The van der Waals surface area contributed by atoms with Gasteiger partial charge in [0.05, 0.1) is 7.11 Å². The summed E-state index contributed by atoms with van der Waals surface area (Å²) in [5, 5.41) is 0. The highest BCUT2D eigenvalue weighted by molar-refractivity contribution is 5.87. The number of ether oxygens (including phenoxy) is 2. The molecule has 0 aliphatic heterocycles. The molecule has 0 N–H and O–H groups in total. The molecule has 0 saturated carbocycles. The van der Waals surface area contributed by atoms with Crippen molar-refractivity contribution in [3.05, 3.63) is 29.8 Å². The van der Waals surface area contributed by atoms with Crippen molar-refractivity contribution in [2.24, 2.45) is 0 Å². The van der Waals surface area contributed by atoms with Crippen LogP contribution in [0.15, 0.2) is 24.3 Å². The van der Waals surface area contributed by atoms with Crippen LogP contribution >= 0.6 is 0 Å². The maximum Gasteiger partial charge on any atom is 0.414 e. The van der Waals surface area contributed by atoms with E-state index in [0.717, 1.165) is 11.3 Å². The van der Waals surface area contributed by atoms with Crippen LogP contribution in [0, 0.1) is 0 Å². The van der Waals surface area contributed by atoms with Gasteiger partial charge in [-0.1, -0.05) is 12.1 Å². The quantitative estimate of drug-likeness (QED) is 0.800. The van der Waals surface area contributed by atoms with Crippen LogP contribution in [-0.2, 0) is 20.7 Å². The number of carbonyl (C=O) groups is 2. The predicted molar refractivity (Wildman–Crippen MR) is 81.4 cm³/mol. The summed E-state index contributed by atoms with van der Waals surface area (Å²) in [6.45, 7) is 5.48. The molecular weight excluding hydrogens is 270 g/mol. The Balaban J connectivity index is 2.64. The molecule has 1 aromatic carbocycles. The molecule has 0 atom stereocenters. The zero-order chi connectivity index (χ0) is 16.0. The van der Waals surface area contributed by atoms with E-state index in [1.54, 1.807) is 7.05 Å². The SMILES string of the molecule is COC(=O)CCc1ccc(N(C)C(=O)OC(C)(C)C)cc1. The van der Waals surface area contributed by atoms with Crippen LogP contribution in [0.4, 0.5) is 10.5 Å². The lowest BCUT2D eigenvalue weighted by Crippen LogP contribution is -2.34. The van der Waals surface area contributed by atoms with E-state index in [9.17, 15) is 9.59 Å². The van der Waals surface area contributed by atoms with Gasteiger partial charge in [0.25, 0.3) is 0 Å². The van der Waals surface area contributed by atoms with E-state index in [1.165, 1.54) is 12.0 Å². The van der Waals surface area contributed by atoms with Crippen LogP contribution in [0.3, 0.4) is 0 Å². The molecule has 0 aromatic heterocycles. The average Bonchev–Trinajstić information content (AvgIpc) is 2.42. The number of aryl methyl sites for hydroxylation is 1. The normalized spacial score (nSPS) is 10.9. The summed E-state index contributed by atoms with van der Waals surface area (Å²) in [6.07, 6.45) is 0.561. The van der Waals surface area contributed by atoms with Crippen LogP contribution in [0.2, 0.25) is 0 Å². The molecule has 5 nitrogen and oxygen atoms in total. The number of esters is 1. The van der Waals surface area contributed by atoms with Gasteiger partial charge in [-0.2, -0.15) is 0 Å². The minimum absolute atomic E-state index is 0.232. The first kappa shape index (κ1) is 17.0. The summed E-state index contributed by atoms with van der Waals surface area (Å²) in [5.74, 6) is -0.232. The Bertz CT molecular complexity index is 488. The summed E-state index contributed by atoms with van der Waals surface area (Å²) in [6, 6.07) is 7.44. The Morgan fingerprint density at radius 2 is 1.71 bits per heavy atom. The average molecular weight is 293 g/mol. The molecule has 1 aromatic rings. The fourth-order valence-electron chi connectivity index (χ4n) is 1.67. The molecule has 0 aliphatic rings. The molecule has 0 heterocycles. The number of rotatable bonds is 4. The van der Waals surface area contributed by atoms with Crippen molar-refractivity contribution in [2.75, 3.05) is 19.1 Å². The number of anilines is 1. The molecule has 0 radical (unpaired) electrons. The smallest absolute Gasteiger partial charge is 0.414 e. The topological polar surface area (TPSA) is 55.8 Å². The van der Waals surface area contributed by atoms with E-state index in [0.29, 0.717) is 12.8 Å². The molecule has 0 unspecified atom stereocenters. The maximum absolute atomic E-state index is 11.9. The minimum atomic E-state index is -0.522. The van der Waals surface area contributed by atoms with Gasteiger partial charge in [-0.05, 0) is 44.9 Å². The number of nitrogens with zero attached hydrogens (tertiary/aromatic N) is 1. The lowest BCUT2D eigenvalue weighted by Gasteiger charge is -2.24. The monoisotopic (exact) mass is 293 g/mol. The predicted octanol–water partition coefficient (Wildman–Crippen LogP) is 3.16. The number of amides is 1. The first-order valence-corrected chi connectivity index (χ1v) is 6.85. The number of carbonyl (C=O) groups excluding carboxylic acids is 2. The second kappa shape index (κ2) is 7.11. The van der Waals surface area contributed by atoms with Gasteiger partial charge in [0.15, 0.2) is 0 Å². The van der Waals surface area contributed by atoms with Crippen molar-refractivity contribution in [3.8, 4) is 0 Å². The highest BCUT2D eigenvalue weighted by Gasteiger charge is 2.20. The second-order valence-corrected chi connectivity index (χ2v) is 5.78. The maximum atomic E-state index is 11.9. The van der Waals surface area contributed by atoms with Crippen LogP contribution < -0.4 is 4.90 Å². The van der Waals surface area contributed by atoms with E-state index >= 15 is 0 Å². The van der Waals surface area contributed by atoms with Crippen molar-refractivity contribution >= 4 is 17.7 Å². The van der Waals surface area contributed by atoms with E-state index in [-0.39, 0.29) is 5.97 Å². The Labute approximate surface area is 125 Å². The van der Waals surface area contributed by atoms with E-state index in [4.69, 9.17) is 4.74 Å². The molecule has 0 saturated heterocycles. The molecule has 116 valence electrons. The fraction of sp³-hybridized carbons (Fsp3) is 0.500. The summed E-state index contributed by atoms with van der Waals surface area (Å²) in [5.41, 5.74) is 1.24. The first-order valence-electron chi connectivity index (χ1n) is 6.85. The standard InChI is InChI=1S/C16H23NO4/c1-16(2,3)21-15(19)17(4)13-9-6-12(7-10-13)8-11-14(18)20-5/h6-7,9-10H,8,11H2,1-5H3. The Morgan fingerprint density at radius 3 is 2.19 bits per heavy atom. The van der Waals surface area contributed by atoms with Gasteiger partial charge in [0.2, 0.25) is 0 Å². The van der Waals surface area contributed by atoms with Gasteiger partial charge >= 0.3 is 12.1 Å². The molecule has 0 fully saturated rings. The summed E-state index contributed by atoms with van der Waals surface area (Å²) in [4.78, 5) is 24.5. The van der Waals surface area contributed by atoms with Gasteiger partial charge in [-0.15, -0.1) is 0 Å². The zero-order valence-electron chi connectivity index (χ0n) is 13.3. The van der Waals surface area contributed by atoms with Crippen LogP contribution in [0.1, 0.15) is 32.8 Å². The van der Waals surface area contributed by atoms with Gasteiger partial charge in [-0.25, -0.2) is 4.79 Å². The number of methoxy groups -OCH3 is 1. The largest absolute Gasteiger partial charge is 0.469 e. The first-order chi connectivity index (χ1) is 9.73. The van der Waals surface area contributed by atoms with Gasteiger partial charge in [-0.3, -0.25) is 9.69 Å². The van der Waals surface area contributed by atoms with E-state index < -0.39 is 11.7 Å². The van der Waals surface area contributed by atoms with E-state index in [1.807, 2.05) is 45.0 Å². The zero-order valence-corrected chi connectivity index (χ0v) is 13.3. The van der Waals surface area contributed by atoms with Crippen LogP contribution in [0.25, 0.3) is 0 Å². The number of benzene rings is 1. The lowest BCUT2D eigenvalue weighted by atomic mass is 10.1. The van der Waals surface area contributed by atoms with E-state index in [2.05, 4.69) is 4.74 Å². The van der Waals surface area contributed by atoms with Gasteiger partial charge in [0, 0.05) is 19.2 Å². The summed E-state index contributed by atoms with van der Waals surface area (Å²) in [7, 11) is 3.04. The van der Waals surface area contributed by atoms with Crippen molar-refractivity contribution in [2.45, 2.75) is 39.2 Å². The van der Waals surface area contributed by atoms with Crippen molar-refractivity contribution in [1.82, 2.24) is 0 Å². The highest BCUT2D eigenvalue weighted by atomic mass is 16.6. The summed E-state index contributed by atoms with van der Waals surface area (Å²) < 4.78 is 9.91. The van der Waals surface area contributed by atoms with Crippen molar-refractivity contribution in [1.29, 1.82) is 0 Å². The Hall–Kier alpha value is -2.04. The number of hydrogen-bond acceptors (Lipinski definition) is 4. The Kier molecular flexibility index (Phi) is 5.76.